The first-order chi connectivity index (χ1) is 11.7. The van der Waals surface area contributed by atoms with E-state index in [1.165, 1.54) is 12.4 Å². The van der Waals surface area contributed by atoms with Gasteiger partial charge < -0.3 is 4.74 Å². The highest BCUT2D eigenvalue weighted by Crippen LogP contribution is 2.10. The zero-order valence-corrected chi connectivity index (χ0v) is 12.8. The number of esters is 1. The molecule has 0 aliphatic heterocycles. The fraction of sp³-hybridized carbons (Fsp3) is 0.0526. The molecule has 0 spiro atoms. The van der Waals surface area contributed by atoms with E-state index in [-0.39, 0.29) is 18.0 Å². The van der Waals surface area contributed by atoms with Crippen molar-refractivity contribution in [3.8, 4) is 5.75 Å². The van der Waals surface area contributed by atoms with Crippen LogP contribution in [-0.4, -0.2) is 16.7 Å². The SMILES string of the molecule is O=C(C[n+]1ccnc(C(=O)Oc2ccccc2)c1)c1ccccc1. The Hall–Kier alpha value is -3.34. The largest absolute Gasteiger partial charge is 0.422 e. The van der Waals surface area contributed by atoms with Crippen molar-refractivity contribution in [3.05, 3.63) is 90.5 Å². The van der Waals surface area contributed by atoms with Gasteiger partial charge >= 0.3 is 5.97 Å². The van der Waals surface area contributed by atoms with E-state index in [1.54, 1.807) is 47.2 Å². The van der Waals surface area contributed by atoms with Gasteiger partial charge in [-0.05, 0) is 12.1 Å². The van der Waals surface area contributed by atoms with E-state index in [4.69, 9.17) is 4.74 Å². The third kappa shape index (κ3) is 3.89. The summed E-state index contributed by atoms with van der Waals surface area (Å²) in [5.41, 5.74) is 0.762. The minimum Gasteiger partial charge on any atom is -0.422 e. The minimum absolute atomic E-state index is 0.0471. The van der Waals surface area contributed by atoms with Gasteiger partial charge in [-0.2, -0.15) is 4.57 Å². The van der Waals surface area contributed by atoms with Crippen molar-refractivity contribution in [2.45, 2.75) is 6.54 Å². The zero-order valence-electron chi connectivity index (χ0n) is 12.8. The minimum atomic E-state index is -0.567. The quantitative estimate of drug-likeness (QED) is 0.314. The molecule has 3 aromatic rings. The third-order valence-electron chi connectivity index (χ3n) is 3.34. The van der Waals surface area contributed by atoms with E-state index in [0.717, 1.165) is 0 Å². The third-order valence-corrected chi connectivity index (χ3v) is 3.34. The summed E-state index contributed by atoms with van der Waals surface area (Å²) < 4.78 is 6.86. The van der Waals surface area contributed by atoms with Gasteiger partial charge in [0.25, 0.3) is 0 Å². The molecule has 1 heterocycles. The van der Waals surface area contributed by atoms with E-state index in [9.17, 15) is 9.59 Å². The number of Topliss-reactive ketones (excluding diaryl/α,β-unsaturated/α-hetero) is 1. The van der Waals surface area contributed by atoms with Crippen molar-refractivity contribution >= 4 is 11.8 Å². The number of rotatable bonds is 5. The summed E-state index contributed by atoms with van der Waals surface area (Å²) in [4.78, 5) is 28.4. The first kappa shape index (κ1) is 15.6. The Morgan fingerprint density at radius 1 is 0.958 bits per heavy atom. The molecule has 0 saturated carbocycles. The second kappa shape index (κ2) is 7.28. The summed E-state index contributed by atoms with van der Waals surface area (Å²) in [6.45, 7) is 0.123. The van der Waals surface area contributed by atoms with Crippen LogP contribution in [0.25, 0.3) is 0 Å². The first-order valence-corrected chi connectivity index (χ1v) is 7.43. The molecular formula is C19H15N2O3+. The van der Waals surface area contributed by atoms with Crippen LogP contribution in [0.2, 0.25) is 0 Å². The molecular weight excluding hydrogens is 304 g/mol. The average molecular weight is 319 g/mol. The Labute approximate surface area is 139 Å². The predicted molar refractivity (Wildman–Crippen MR) is 86.6 cm³/mol. The monoisotopic (exact) mass is 319 g/mol. The van der Waals surface area contributed by atoms with Gasteiger partial charge in [0.1, 0.15) is 5.75 Å². The van der Waals surface area contributed by atoms with E-state index in [2.05, 4.69) is 4.98 Å². The topological polar surface area (TPSA) is 60.1 Å². The molecule has 3 rings (SSSR count). The van der Waals surface area contributed by atoms with Gasteiger partial charge in [-0.15, -0.1) is 0 Å². The number of nitrogens with zero attached hydrogens (tertiary/aromatic N) is 2. The van der Waals surface area contributed by atoms with Crippen LogP contribution in [0, 0.1) is 0 Å². The second-order valence-electron chi connectivity index (χ2n) is 5.11. The lowest BCUT2D eigenvalue weighted by atomic mass is 10.1. The van der Waals surface area contributed by atoms with E-state index in [0.29, 0.717) is 11.3 Å². The molecule has 0 bridgehead atoms. The lowest BCUT2D eigenvalue weighted by Crippen LogP contribution is -2.38. The Balaban J connectivity index is 1.72. The summed E-state index contributed by atoms with van der Waals surface area (Å²) in [6.07, 6.45) is 4.62. The van der Waals surface area contributed by atoms with Crippen LogP contribution < -0.4 is 9.30 Å². The van der Waals surface area contributed by atoms with Crippen molar-refractivity contribution < 1.29 is 18.9 Å². The van der Waals surface area contributed by atoms with Crippen LogP contribution in [0.4, 0.5) is 0 Å². The Morgan fingerprint density at radius 3 is 2.33 bits per heavy atom. The predicted octanol–water partition coefficient (Wildman–Crippen LogP) is 2.47. The fourth-order valence-corrected chi connectivity index (χ4v) is 2.17. The van der Waals surface area contributed by atoms with Crippen LogP contribution >= 0.6 is 0 Å². The number of carbonyl (C=O) groups excluding carboxylic acids is 2. The van der Waals surface area contributed by atoms with E-state index < -0.39 is 5.97 Å². The molecule has 0 radical (unpaired) electrons. The maximum atomic E-state index is 12.2. The van der Waals surface area contributed by atoms with E-state index >= 15 is 0 Å². The van der Waals surface area contributed by atoms with Gasteiger partial charge in [0, 0.05) is 5.56 Å². The molecule has 2 aromatic carbocycles. The fourth-order valence-electron chi connectivity index (χ4n) is 2.17. The van der Waals surface area contributed by atoms with Crippen LogP contribution in [0.3, 0.4) is 0 Å². The van der Waals surface area contributed by atoms with Gasteiger partial charge in [-0.1, -0.05) is 48.5 Å². The summed E-state index contributed by atoms with van der Waals surface area (Å²) in [5.74, 6) is -0.169. The second-order valence-corrected chi connectivity index (χ2v) is 5.11. The van der Waals surface area contributed by atoms with Crippen LogP contribution in [-0.2, 0) is 6.54 Å². The van der Waals surface area contributed by atoms with Crippen LogP contribution in [0.1, 0.15) is 20.8 Å². The number of para-hydroxylation sites is 1. The smallest absolute Gasteiger partial charge is 0.368 e. The summed E-state index contributed by atoms with van der Waals surface area (Å²) in [5, 5.41) is 0. The highest BCUT2D eigenvalue weighted by molar-refractivity contribution is 5.95. The molecule has 5 nitrogen and oxygen atoms in total. The normalized spacial score (nSPS) is 10.2. The molecule has 0 aliphatic carbocycles. The molecule has 0 aliphatic rings. The molecule has 1 aromatic heterocycles. The number of hydrogen-bond donors (Lipinski definition) is 0. The number of aromatic nitrogens is 2. The lowest BCUT2D eigenvalue weighted by Gasteiger charge is -2.03. The summed E-state index contributed by atoms with van der Waals surface area (Å²) >= 11 is 0. The average Bonchev–Trinajstić information content (AvgIpc) is 2.63. The number of carbonyl (C=O) groups is 2. The number of hydrogen-bond acceptors (Lipinski definition) is 4. The Morgan fingerprint density at radius 2 is 1.62 bits per heavy atom. The van der Waals surface area contributed by atoms with Crippen molar-refractivity contribution in [2.24, 2.45) is 0 Å². The molecule has 0 N–H and O–H groups in total. The Kier molecular flexibility index (Phi) is 4.72. The Bertz CT molecular complexity index is 849. The maximum absolute atomic E-state index is 12.2. The van der Waals surface area contributed by atoms with Gasteiger partial charge in [0.2, 0.25) is 24.2 Å². The van der Waals surface area contributed by atoms with Crippen molar-refractivity contribution in [2.75, 3.05) is 0 Å². The van der Waals surface area contributed by atoms with Gasteiger partial charge in [0.15, 0.2) is 6.20 Å². The highest BCUT2D eigenvalue weighted by atomic mass is 16.5. The van der Waals surface area contributed by atoms with Crippen molar-refractivity contribution in [3.63, 3.8) is 0 Å². The first-order valence-electron chi connectivity index (χ1n) is 7.43. The molecule has 118 valence electrons. The van der Waals surface area contributed by atoms with Gasteiger partial charge in [-0.3, -0.25) is 4.79 Å². The molecule has 0 fully saturated rings. The van der Waals surface area contributed by atoms with Gasteiger partial charge in [0.05, 0.1) is 6.20 Å². The number of ketones is 1. The standard InChI is InChI=1S/C19H15N2O3/c22-18(15-7-3-1-4-8-15)14-21-12-11-20-17(13-21)19(23)24-16-9-5-2-6-10-16/h1-13H,14H2/q+1. The van der Waals surface area contributed by atoms with Crippen molar-refractivity contribution in [1.29, 1.82) is 0 Å². The van der Waals surface area contributed by atoms with Gasteiger partial charge in [-0.25, -0.2) is 9.78 Å². The van der Waals surface area contributed by atoms with Crippen LogP contribution in [0.5, 0.6) is 5.75 Å². The number of ether oxygens (including phenoxy) is 1. The van der Waals surface area contributed by atoms with E-state index in [1.807, 2.05) is 24.3 Å². The zero-order chi connectivity index (χ0) is 16.8. The molecule has 0 saturated heterocycles. The lowest BCUT2D eigenvalue weighted by molar-refractivity contribution is -0.683. The number of benzene rings is 2. The highest BCUT2D eigenvalue weighted by Gasteiger charge is 2.17. The van der Waals surface area contributed by atoms with Crippen molar-refractivity contribution in [1.82, 2.24) is 4.98 Å². The molecule has 5 heteroatoms. The molecule has 0 unspecified atom stereocenters. The molecule has 24 heavy (non-hydrogen) atoms. The molecule has 0 atom stereocenters. The molecule has 0 amide bonds. The summed E-state index contributed by atoms with van der Waals surface area (Å²) in [7, 11) is 0. The summed E-state index contributed by atoms with van der Waals surface area (Å²) in [6, 6.07) is 17.8. The van der Waals surface area contributed by atoms with Crippen LogP contribution in [0.15, 0.2) is 79.3 Å². The maximum Gasteiger partial charge on any atom is 0.368 e.